The Balaban J connectivity index is 1.34. The molecule has 0 fully saturated rings. The van der Waals surface area contributed by atoms with Crippen molar-refractivity contribution in [2.75, 3.05) is 0 Å². The summed E-state index contributed by atoms with van der Waals surface area (Å²) in [5.41, 5.74) is 6.10. The van der Waals surface area contributed by atoms with Crippen LogP contribution < -0.4 is 0 Å². The highest BCUT2D eigenvalue weighted by atomic mass is 16.3. The first-order valence-electron chi connectivity index (χ1n) is 12.6. The van der Waals surface area contributed by atoms with Gasteiger partial charge in [-0.25, -0.2) is 0 Å². The number of furan rings is 1. The van der Waals surface area contributed by atoms with E-state index in [-0.39, 0.29) is 0 Å². The van der Waals surface area contributed by atoms with Crippen LogP contribution in [0, 0.1) is 0 Å². The molecule has 2 heterocycles. The van der Waals surface area contributed by atoms with Crippen LogP contribution in [0.2, 0.25) is 0 Å². The summed E-state index contributed by atoms with van der Waals surface area (Å²) in [5.74, 6) is 0. The van der Waals surface area contributed by atoms with E-state index in [1.165, 1.54) is 32.3 Å². The second-order valence-corrected chi connectivity index (χ2v) is 9.57. The molecule has 2 nitrogen and oxygen atoms in total. The quantitative estimate of drug-likeness (QED) is 0.235. The van der Waals surface area contributed by atoms with E-state index < -0.39 is 0 Å². The van der Waals surface area contributed by atoms with Crippen LogP contribution in [0.5, 0.6) is 0 Å². The van der Waals surface area contributed by atoms with Crippen molar-refractivity contribution in [1.29, 1.82) is 0 Å². The van der Waals surface area contributed by atoms with Gasteiger partial charge in [0.15, 0.2) is 0 Å². The van der Waals surface area contributed by atoms with Crippen molar-refractivity contribution in [2.45, 2.75) is 0 Å². The SMILES string of the molecule is c1cc(-c2cc3c4ccccc4c4ccccc4c3cn2)cc(-c2cccc3c2oc2ccccc23)c1. The zero-order valence-electron chi connectivity index (χ0n) is 20.0. The molecule has 0 aliphatic rings. The van der Waals surface area contributed by atoms with Crippen LogP contribution in [-0.2, 0) is 0 Å². The second-order valence-electron chi connectivity index (χ2n) is 9.57. The maximum Gasteiger partial charge on any atom is 0.143 e. The van der Waals surface area contributed by atoms with Crippen molar-refractivity contribution in [3.63, 3.8) is 0 Å². The summed E-state index contributed by atoms with van der Waals surface area (Å²) >= 11 is 0. The zero-order valence-corrected chi connectivity index (χ0v) is 20.0. The molecule has 0 radical (unpaired) electrons. The molecule has 37 heavy (non-hydrogen) atoms. The maximum atomic E-state index is 6.31. The van der Waals surface area contributed by atoms with Crippen LogP contribution in [0.1, 0.15) is 0 Å². The van der Waals surface area contributed by atoms with Gasteiger partial charge in [0.1, 0.15) is 11.2 Å². The van der Waals surface area contributed by atoms with E-state index in [0.717, 1.165) is 44.3 Å². The lowest BCUT2D eigenvalue weighted by Gasteiger charge is -2.12. The molecule has 2 aromatic heterocycles. The lowest BCUT2D eigenvalue weighted by Crippen LogP contribution is -1.89. The fourth-order valence-electron chi connectivity index (χ4n) is 5.78. The molecule has 0 N–H and O–H groups in total. The Morgan fingerprint density at radius 2 is 1.03 bits per heavy atom. The Bertz CT molecular complexity index is 2120. The summed E-state index contributed by atoms with van der Waals surface area (Å²) in [4.78, 5) is 4.94. The molecule has 172 valence electrons. The molecule has 0 aliphatic carbocycles. The van der Waals surface area contributed by atoms with Gasteiger partial charge < -0.3 is 4.42 Å². The average Bonchev–Trinajstić information content (AvgIpc) is 3.36. The van der Waals surface area contributed by atoms with Crippen molar-refractivity contribution in [2.24, 2.45) is 0 Å². The first-order chi connectivity index (χ1) is 18.3. The molecule has 0 atom stereocenters. The fourth-order valence-corrected chi connectivity index (χ4v) is 5.78. The van der Waals surface area contributed by atoms with Crippen LogP contribution >= 0.6 is 0 Å². The molecule has 0 amide bonds. The molecular weight excluding hydrogens is 450 g/mol. The molecule has 0 saturated heterocycles. The number of nitrogens with zero attached hydrogens (tertiary/aromatic N) is 1. The second kappa shape index (κ2) is 7.78. The van der Waals surface area contributed by atoms with Crippen molar-refractivity contribution in [3.8, 4) is 22.4 Å². The Morgan fingerprint density at radius 1 is 0.432 bits per heavy atom. The Hall–Kier alpha value is -4.95. The zero-order chi connectivity index (χ0) is 24.3. The number of hydrogen-bond donors (Lipinski definition) is 0. The van der Waals surface area contributed by atoms with Crippen molar-refractivity contribution in [3.05, 3.63) is 128 Å². The minimum Gasteiger partial charge on any atom is -0.455 e. The predicted octanol–water partition coefficient (Wildman–Crippen LogP) is 9.77. The summed E-state index contributed by atoms with van der Waals surface area (Å²) in [6.45, 7) is 0. The van der Waals surface area contributed by atoms with Gasteiger partial charge in [-0.05, 0) is 50.7 Å². The van der Waals surface area contributed by atoms with E-state index in [4.69, 9.17) is 9.40 Å². The summed E-state index contributed by atoms with van der Waals surface area (Å²) in [5, 5.41) is 9.72. The summed E-state index contributed by atoms with van der Waals surface area (Å²) < 4.78 is 6.31. The molecule has 8 rings (SSSR count). The molecule has 0 saturated carbocycles. The van der Waals surface area contributed by atoms with E-state index in [2.05, 4.69) is 109 Å². The third kappa shape index (κ3) is 3.03. The third-order valence-electron chi connectivity index (χ3n) is 7.50. The van der Waals surface area contributed by atoms with Gasteiger partial charge in [0.2, 0.25) is 0 Å². The number of aromatic nitrogens is 1. The molecule has 2 heteroatoms. The van der Waals surface area contributed by atoms with Crippen LogP contribution in [0.15, 0.2) is 132 Å². The van der Waals surface area contributed by atoms with Gasteiger partial charge in [-0.2, -0.15) is 0 Å². The number of hydrogen-bond acceptors (Lipinski definition) is 2. The van der Waals surface area contributed by atoms with Gasteiger partial charge in [-0.3, -0.25) is 4.98 Å². The minimum absolute atomic E-state index is 0.913. The van der Waals surface area contributed by atoms with Crippen LogP contribution in [0.25, 0.3) is 76.6 Å². The molecule has 0 spiro atoms. The van der Waals surface area contributed by atoms with Gasteiger partial charge in [0.05, 0.1) is 5.69 Å². The maximum absolute atomic E-state index is 6.31. The van der Waals surface area contributed by atoms with Crippen molar-refractivity contribution >= 4 is 54.3 Å². The highest BCUT2D eigenvalue weighted by Gasteiger charge is 2.14. The molecule has 0 aliphatic heterocycles. The lowest BCUT2D eigenvalue weighted by atomic mass is 9.94. The Morgan fingerprint density at radius 3 is 1.81 bits per heavy atom. The van der Waals surface area contributed by atoms with Gasteiger partial charge in [-0.15, -0.1) is 0 Å². The summed E-state index contributed by atoms with van der Waals surface area (Å²) in [7, 11) is 0. The van der Waals surface area contributed by atoms with Gasteiger partial charge in [-0.1, -0.05) is 103 Å². The Labute approximate surface area is 213 Å². The number of benzene rings is 6. The molecule has 0 bridgehead atoms. The summed E-state index contributed by atoms with van der Waals surface area (Å²) in [6, 6.07) is 42.7. The number of fused-ring (bicyclic) bond motifs is 9. The Kier molecular flexibility index (Phi) is 4.26. The smallest absolute Gasteiger partial charge is 0.143 e. The molecule has 6 aromatic carbocycles. The first kappa shape index (κ1) is 20.3. The number of para-hydroxylation sites is 2. The number of rotatable bonds is 2. The van der Waals surface area contributed by atoms with E-state index in [9.17, 15) is 0 Å². The predicted molar refractivity (Wildman–Crippen MR) is 155 cm³/mol. The standard InChI is InChI=1S/C35H21NO/c1-3-13-27-25(11-1)26-12-2-4-14-28(26)32-21-36-33(20-31(27)32)23-10-7-9-22(19-23)24-16-8-17-30-29-15-5-6-18-34(29)37-35(24)30/h1-21H. The van der Waals surface area contributed by atoms with Crippen molar-refractivity contribution in [1.82, 2.24) is 4.98 Å². The monoisotopic (exact) mass is 471 g/mol. The van der Waals surface area contributed by atoms with E-state index in [0.29, 0.717) is 0 Å². The lowest BCUT2D eigenvalue weighted by molar-refractivity contribution is 0.670. The van der Waals surface area contributed by atoms with Crippen LogP contribution in [0.3, 0.4) is 0 Å². The molecule has 0 unspecified atom stereocenters. The fraction of sp³-hybridized carbons (Fsp3) is 0. The largest absolute Gasteiger partial charge is 0.455 e. The average molecular weight is 472 g/mol. The molecule has 8 aromatic rings. The summed E-state index contributed by atoms with van der Waals surface area (Å²) in [6.07, 6.45) is 2.03. The van der Waals surface area contributed by atoms with Crippen LogP contribution in [-0.4, -0.2) is 4.98 Å². The van der Waals surface area contributed by atoms with Gasteiger partial charge in [0, 0.05) is 33.5 Å². The number of pyridine rings is 1. The highest BCUT2D eigenvalue weighted by molar-refractivity contribution is 6.25. The van der Waals surface area contributed by atoms with Crippen LogP contribution in [0.4, 0.5) is 0 Å². The topological polar surface area (TPSA) is 26.0 Å². The molecular formula is C35H21NO. The minimum atomic E-state index is 0.913. The third-order valence-corrected chi connectivity index (χ3v) is 7.50. The normalized spacial score (nSPS) is 11.8. The van der Waals surface area contributed by atoms with Gasteiger partial charge in [0.25, 0.3) is 0 Å². The van der Waals surface area contributed by atoms with E-state index in [1.54, 1.807) is 0 Å². The first-order valence-corrected chi connectivity index (χ1v) is 12.6. The van der Waals surface area contributed by atoms with Crippen molar-refractivity contribution < 1.29 is 4.42 Å². The van der Waals surface area contributed by atoms with E-state index in [1.807, 2.05) is 18.3 Å². The van der Waals surface area contributed by atoms with Gasteiger partial charge >= 0.3 is 0 Å². The van der Waals surface area contributed by atoms with E-state index >= 15 is 0 Å². The highest BCUT2D eigenvalue weighted by Crippen LogP contribution is 2.38.